The van der Waals surface area contributed by atoms with Gasteiger partial charge in [-0.25, -0.2) is 0 Å². The molecule has 2 rings (SSSR count). The van der Waals surface area contributed by atoms with Gasteiger partial charge in [-0.05, 0) is 37.5 Å². The predicted molar refractivity (Wildman–Crippen MR) is 121 cm³/mol. The van der Waals surface area contributed by atoms with Gasteiger partial charge in [0.2, 0.25) is 11.8 Å². The molecule has 4 nitrogen and oxygen atoms in total. The van der Waals surface area contributed by atoms with Crippen LogP contribution in [-0.2, 0) is 16.1 Å². The van der Waals surface area contributed by atoms with Crippen molar-refractivity contribution >= 4 is 23.6 Å². The largest absolute Gasteiger partial charge is 0.354 e. The first-order valence-corrected chi connectivity index (χ1v) is 11.3. The van der Waals surface area contributed by atoms with Crippen molar-refractivity contribution in [1.29, 1.82) is 0 Å². The molecule has 2 aromatic rings. The van der Waals surface area contributed by atoms with E-state index in [0.717, 1.165) is 23.3 Å². The fourth-order valence-corrected chi connectivity index (χ4v) is 3.87. The Bertz CT molecular complexity index is 762. The van der Waals surface area contributed by atoms with Gasteiger partial charge in [-0.2, -0.15) is 0 Å². The van der Waals surface area contributed by atoms with E-state index >= 15 is 0 Å². The second kappa shape index (κ2) is 12.3. The van der Waals surface area contributed by atoms with E-state index in [1.165, 1.54) is 17.3 Å². The molecule has 0 saturated heterocycles. The molecule has 5 heteroatoms. The number of amides is 2. The second-order valence-electron chi connectivity index (χ2n) is 7.18. The van der Waals surface area contributed by atoms with Crippen LogP contribution >= 0.6 is 11.8 Å². The van der Waals surface area contributed by atoms with E-state index in [0.29, 0.717) is 25.3 Å². The second-order valence-corrected chi connectivity index (χ2v) is 8.23. The number of thioether (sulfide) groups is 1. The highest BCUT2D eigenvalue weighted by molar-refractivity contribution is 8.00. The van der Waals surface area contributed by atoms with Gasteiger partial charge in [-0.15, -0.1) is 11.8 Å². The SMILES string of the molecule is CCCCNC(=O)[C@H](CC)N(Cc1ccc(C)cc1)C(=O)CSc1ccccc1. The highest BCUT2D eigenvalue weighted by Gasteiger charge is 2.28. The Morgan fingerprint density at radius 2 is 1.72 bits per heavy atom. The van der Waals surface area contributed by atoms with E-state index in [4.69, 9.17) is 0 Å². The smallest absolute Gasteiger partial charge is 0.242 e. The molecule has 0 fully saturated rings. The van der Waals surface area contributed by atoms with Crippen molar-refractivity contribution in [1.82, 2.24) is 10.2 Å². The van der Waals surface area contributed by atoms with Gasteiger partial charge in [0.15, 0.2) is 0 Å². The maximum absolute atomic E-state index is 13.1. The first kappa shape index (κ1) is 23.0. The molecule has 156 valence electrons. The Kier molecular flexibility index (Phi) is 9.78. The molecule has 29 heavy (non-hydrogen) atoms. The van der Waals surface area contributed by atoms with Crippen molar-refractivity contribution in [3.05, 3.63) is 65.7 Å². The minimum atomic E-state index is -0.461. The number of carbonyl (C=O) groups excluding carboxylic acids is 2. The molecule has 0 spiro atoms. The predicted octanol–water partition coefficient (Wildman–Crippen LogP) is 4.81. The summed E-state index contributed by atoms with van der Waals surface area (Å²) in [5.74, 6) is 0.234. The third-order valence-corrected chi connectivity index (χ3v) is 5.79. The zero-order valence-electron chi connectivity index (χ0n) is 17.7. The van der Waals surface area contributed by atoms with Crippen molar-refractivity contribution < 1.29 is 9.59 Å². The molecule has 1 atom stereocenters. The molecule has 0 aromatic heterocycles. The van der Waals surface area contributed by atoms with Crippen LogP contribution in [-0.4, -0.2) is 35.1 Å². The van der Waals surface area contributed by atoms with Crippen LogP contribution in [0, 0.1) is 6.92 Å². The van der Waals surface area contributed by atoms with Gasteiger partial charge < -0.3 is 10.2 Å². The molecule has 0 aliphatic carbocycles. The summed E-state index contributed by atoms with van der Waals surface area (Å²) >= 11 is 1.51. The van der Waals surface area contributed by atoms with Crippen LogP contribution in [0.4, 0.5) is 0 Å². The van der Waals surface area contributed by atoms with Crippen LogP contribution in [0.25, 0.3) is 0 Å². The maximum Gasteiger partial charge on any atom is 0.242 e. The lowest BCUT2D eigenvalue weighted by Gasteiger charge is -2.30. The summed E-state index contributed by atoms with van der Waals surface area (Å²) < 4.78 is 0. The lowest BCUT2D eigenvalue weighted by molar-refractivity contribution is -0.139. The lowest BCUT2D eigenvalue weighted by Crippen LogP contribution is -2.49. The fraction of sp³-hybridized carbons (Fsp3) is 0.417. The third-order valence-electron chi connectivity index (χ3n) is 4.79. The van der Waals surface area contributed by atoms with Crippen molar-refractivity contribution in [2.75, 3.05) is 12.3 Å². The Hall–Kier alpha value is -2.27. The lowest BCUT2D eigenvalue weighted by atomic mass is 10.1. The molecule has 0 bridgehead atoms. The summed E-state index contributed by atoms with van der Waals surface area (Å²) in [5.41, 5.74) is 2.21. The topological polar surface area (TPSA) is 49.4 Å². The average molecular weight is 413 g/mol. The zero-order chi connectivity index (χ0) is 21.1. The van der Waals surface area contributed by atoms with Gasteiger partial charge >= 0.3 is 0 Å². The van der Waals surface area contributed by atoms with Crippen molar-refractivity contribution in [2.24, 2.45) is 0 Å². The van der Waals surface area contributed by atoms with Crippen LogP contribution in [0.1, 0.15) is 44.2 Å². The van der Waals surface area contributed by atoms with E-state index in [2.05, 4.69) is 12.2 Å². The monoisotopic (exact) mass is 412 g/mol. The van der Waals surface area contributed by atoms with E-state index in [1.54, 1.807) is 4.90 Å². The van der Waals surface area contributed by atoms with E-state index in [-0.39, 0.29) is 11.8 Å². The van der Waals surface area contributed by atoms with Crippen LogP contribution in [0.15, 0.2) is 59.5 Å². The number of rotatable bonds is 11. The van der Waals surface area contributed by atoms with Gasteiger partial charge in [0, 0.05) is 18.0 Å². The van der Waals surface area contributed by atoms with Crippen LogP contribution in [0.2, 0.25) is 0 Å². The Labute approximate surface area is 179 Å². The maximum atomic E-state index is 13.1. The van der Waals surface area contributed by atoms with Crippen molar-refractivity contribution in [3.8, 4) is 0 Å². The number of nitrogens with zero attached hydrogens (tertiary/aromatic N) is 1. The Morgan fingerprint density at radius 3 is 2.34 bits per heavy atom. The fourth-order valence-electron chi connectivity index (χ4n) is 3.06. The highest BCUT2D eigenvalue weighted by Crippen LogP contribution is 2.20. The summed E-state index contributed by atoms with van der Waals surface area (Å²) in [5, 5.41) is 3.00. The quantitative estimate of drug-likeness (QED) is 0.426. The Morgan fingerprint density at radius 1 is 1.03 bits per heavy atom. The van der Waals surface area contributed by atoms with Crippen molar-refractivity contribution in [3.63, 3.8) is 0 Å². The summed E-state index contributed by atoms with van der Waals surface area (Å²) in [6, 6.07) is 17.6. The van der Waals surface area contributed by atoms with E-state index in [1.807, 2.05) is 68.4 Å². The molecule has 0 saturated carbocycles. The normalized spacial score (nSPS) is 11.7. The number of hydrogen-bond acceptors (Lipinski definition) is 3. The highest BCUT2D eigenvalue weighted by atomic mass is 32.2. The number of benzene rings is 2. The molecule has 2 aromatic carbocycles. The molecular weight excluding hydrogens is 380 g/mol. The van der Waals surface area contributed by atoms with Crippen LogP contribution in [0.5, 0.6) is 0 Å². The summed E-state index contributed by atoms with van der Waals surface area (Å²) in [4.78, 5) is 28.7. The molecule has 0 unspecified atom stereocenters. The molecular formula is C24H32N2O2S. The molecule has 1 N–H and O–H groups in total. The Balaban J connectivity index is 2.14. The van der Waals surface area contributed by atoms with Crippen molar-refractivity contribution in [2.45, 2.75) is 57.5 Å². The number of hydrogen-bond donors (Lipinski definition) is 1. The first-order chi connectivity index (χ1) is 14.0. The summed E-state index contributed by atoms with van der Waals surface area (Å²) in [7, 11) is 0. The standard InChI is InChI=1S/C24H32N2O2S/c1-4-6-16-25-24(28)22(5-2)26(17-20-14-12-19(3)13-15-20)23(27)18-29-21-10-8-7-9-11-21/h7-15,22H,4-6,16-18H2,1-3H3,(H,25,28)/t22-/m0/s1. The van der Waals surface area contributed by atoms with Crippen LogP contribution < -0.4 is 5.32 Å². The molecule has 0 aliphatic heterocycles. The molecule has 0 radical (unpaired) electrons. The zero-order valence-corrected chi connectivity index (χ0v) is 18.5. The minimum absolute atomic E-state index is 0.0167. The van der Waals surface area contributed by atoms with E-state index < -0.39 is 6.04 Å². The van der Waals surface area contributed by atoms with Gasteiger partial charge in [-0.3, -0.25) is 9.59 Å². The number of nitrogens with one attached hydrogen (secondary N) is 1. The third kappa shape index (κ3) is 7.58. The minimum Gasteiger partial charge on any atom is -0.354 e. The van der Waals surface area contributed by atoms with Gasteiger partial charge in [0.05, 0.1) is 5.75 Å². The average Bonchev–Trinajstić information content (AvgIpc) is 2.74. The molecule has 2 amide bonds. The van der Waals surface area contributed by atoms with Gasteiger partial charge in [0.25, 0.3) is 0 Å². The summed E-state index contributed by atoms with van der Waals surface area (Å²) in [6.45, 7) is 7.19. The molecule has 0 heterocycles. The number of carbonyl (C=O) groups is 2. The summed E-state index contributed by atoms with van der Waals surface area (Å²) in [6.07, 6.45) is 2.56. The number of aryl methyl sites for hydroxylation is 1. The van der Waals surface area contributed by atoms with Gasteiger partial charge in [0.1, 0.15) is 6.04 Å². The molecule has 0 aliphatic rings. The van der Waals surface area contributed by atoms with Gasteiger partial charge in [-0.1, -0.05) is 68.3 Å². The first-order valence-electron chi connectivity index (χ1n) is 10.4. The van der Waals surface area contributed by atoms with E-state index in [9.17, 15) is 9.59 Å². The van der Waals surface area contributed by atoms with Crippen LogP contribution in [0.3, 0.4) is 0 Å². The number of unbranched alkanes of at least 4 members (excludes halogenated alkanes) is 1.